The molecule has 17 nitrogen and oxygen atoms in total. The lowest BCUT2D eigenvalue weighted by atomic mass is 10.1. The smallest absolute Gasteiger partial charge is 0.303 e. The average Bonchev–Trinajstić information content (AvgIpc) is 2.99. The Kier molecular flexibility index (Phi) is 61.5. The zero-order valence-electron chi connectivity index (χ0n) is 23.3. The third-order valence-corrected chi connectivity index (χ3v) is 3.60. The first kappa shape index (κ1) is 51.6. The van der Waals surface area contributed by atoms with Crippen LogP contribution in [0.4, 0.5) is 0 Å². The van der Waals surface area contributed by atoms with E-state index in [0.717, 1.165) is 12.8 Å². The molecule has 0 saturated heterocycles. The largest absolute Gasteiger partial charge is 0.481 e. The summed E-state index contributed by atoms with van der Waals surface area (Å²) in [6.45, 7) is -1.50. The lowest BCUT2D eigenvalue weighted by Gasteiger charge is -1.96. The zero-order chi connectivity index (χ0) is 32.8. The van der Waals surface area contributed by atoms with E-state index in [0.29, 0.717) is 6.42 Å². The molecule has 0 spiro atoms. The standard InChI is InChI=1S/C8H16O2.5C3H8O3/c1-2-3-4-5-6-7-8(9)10;5*4-1-3(6)2-5/h2-7H2,1H3,(H,9,10);5*3-6H,1-2H2. The Labute approximate surface area is 235 Å². The van der Waals surface area contributed by atoms with Gasteiger partial charge >= 0.3 is 5.97 Å². The number of carboxylic acid groups (broad SMARTS) is 1. The maximum Gasteiger partial charge on any atom is 0.303 e. The summed E-state index contributed by atoms with van der Waals surface area (Å²) < 4.78 is 0. The van der Waals surface area contributed by atoms with Crippen molar-refractivity contribution in [1.82, 2.24) is 0 Å². The maximum atomic E-state index is 10.0. The van der Waals surface area contributed by atoms with Gasteiger partial charge in [0.2, 0.25) is 0 Å². The molecule has 0 aliphatic carbocycles. The summed E-state index contributed by atoms with van der Waals surface area (Å²) >= 11 is 0. The fourth-order valence-electron chi connectivity index (χ4n) is 1.17. The molecule has 0 aromatic heterocycles. The van der Waals surface area contributed by atoms with Gasteiger partial charge in [-0.1, -0.05) is 32.6 Å². The Morgan fingerprint density at radius 2 is 0.625 bits per heavy atom. The van der Waals surface area contributed by atoms with Crippen molar-refractivity contribution in [2.75, 3.05) is 66.1 Å². The second-order valence-corrected chi connectivity index (χ2v) is 7.65. The molecule has 0 rings (SSSR count). The first-order chi connectivity index (χ1) is 18.8. The quantitative estimate of drug-likeness (QED) is 0.0729. The van der Waals surface area contributed by atoms with Crippen LogP contribution in [-0.2, 0) is 4.79 Å². The average molecular weight is 605 g/mol. The second-order valence-electron chi connectivity index (χ2n) is 7.65. The maximum absolute atomic E-state index is 10.0. The van der Waals surface area contributed by atoms with Crippen LogP contribution in [0.1, 0.15) is 45.4 Å². The number of unbranched alkanes of at least 4 members (excludes halogenated alkanes) is 4. The van der Waals surface area contributed by atoms with Gasteiger partial charge < -0.3 is 81.7 Å². The Morgan fingerprint density at radius 3 is 0.750 bits per heavy atom. The van der Waals surface area contributed by atoms with Gasteiger partial charge in [-0.3, -0.25) is 4.79 Å². The molecule has 0 aromatic carbocycles. The summed E-state index contributed by atoms with van der Waals surface area (Å²) in [4.78, 5) is 10.0. The van der Waals surface area contributed by atoms with Crippen LogP contribution in [0, 0.1) is 0 Å². The van der Waals surface area contributed by atoms with Crippen molar-refractivity contribution >= 4 is 5.97 Å². The van der Waals surface area contributed by atoms with E-state index in [1.54, 1.807) is 0 Å². The number of aliphatic hydroxyl groups excluding tert-OH is 15. The van der Waals surface area contributed by atoms with Crippen molar-refractivity contribution in [3.8, 4) is 0 Å². The summed E-state index contributed by atoms with van der Waals surface area (Å²) in [5, 5.41) is 128. The molecule has 0 radical (unpaired) electrons. The zero-order valence-corrected chi connectivity index (χ0v) is 23.3. The normalized spacial score (nSPS) is 9.93. The number of rotatable bonds is 16. The van der Waals surface area contributed by atoms with Crippen molar-refractivity contribution in [3.63, 3.8) is 0 Å². The molecule has 0 aliphatic heterocycles. The van der Waals surface area contributed by atoms with Gasteiger partial charge in [0.15, 0.2) is 0 Å². The lowest BCUT2D eigenvalue weighted by Crippen LogP contribution is -2.15. The Balaban J connectivity index is -0.0000000880. The summed E-state index contributed by atoms with van der Waals surface area (Å²) in [5.41, 5.74) is 0. The molecule has 0 unspecified atom stereocenters. The molecule has 0 atom stereocenters. The Hall–Kier alpha value is -1.13. The van der Waals surface area contributed by atoms with Crippen molar-refractivity contribution in [1.29, 1.82) is 0 Å². The minimum Gasteiger partial charge on any atom is -0.481 e. The first-order valence-corrected chi connectivity index (χ1v) is 12.5. The molecule has 0 aliphatic rings. The number of carboxylic acids is 1. The number of carbonyl (C=O) groups is 1. The lowest BCUT2D eigenvalue weighted by molar-refractivity contribution is -0.137. The van der Waals surface area contributed by atoms with Gasteiger partial charge in [0, 0.05) is 6.42 Å². The van der Waals surface area contributed by atoms with E-state index < -0.39 is 36.5 Å². The number of aliphatic hydroxyl groups is 15. The van der Waals surface area contributed by atoms with Crippen molar-refractivity contribution in [2.24, 2.45) is 0 Å². The fraction of sp³-hybridized carbons (Fsp3) is 0.957. The molecule has 17 heteroatoms. The van der Waals surface area contributed by atoms with Crippen LogP contribution in [-0.4, -0.2) is 184 Å². The van der Waals surface area contributed by atoms with Gasteiger partial charge in [-0.25, -0.2) is 0 Å². The van der Waals surface area contributed by atoms with E-state index in [1.807, 2.05) is 0 Å². The molecule has 0 heterocycles. The van der Waals surface area contributed by atoms with Crippen LogP contribution >= 0.6 is 0 Å². The van der Waals surface area contributed by atoms with Crippen LogP contribution in [0.2, 0.25) is 0 Å². The molecule has 0 saturated carbocycles. The van der Waals surface area contributed by atoms with Gasteiger partial charge in [-0.15, -0.1) is 0 Å². The van der Waals surface area contributed by atoms with Crippen LogP contribution in [0.15, 0.2) is 0 Å². The van der Waals surface area contributed by atoms with Gasteiger partial charge in [0.25, 0.3) is 0 Å². The topological polar surface area (TPSA) is 341 Å². The molecule has 0 bridgehead atoms. The minimum atomic E-state index is -0.954. The molecule has 250 valence electrons. The Morgan fingerprint density at radius 1 is 0.425 bits per heavy atom. The highest BCUT2D eigenvalue weighted by atomic mass is 16.4. The third-order valence-electron chi connectivity index (χ3n) is 3.60. The SMILES string of the molecule is CCCCCCCC(=O)O.OCC(O)CO.OCC(O)CO.OCC(O)CO.OCC(O)CO.OCC(O)CO. The van der Waals surface area contributed by atoms with Crippen LogP contribution in [0.5, 0.6) is 0 Å². The number of hydrogen-bond donors (Lipinski definition) is 16. The second kappa shape index (κ2) is 47.6. The highest BCUT2D eigenvalue weighted by Crippen LogP contribution is 2.04. The predicted octanol–water partition coefficient (Wildman–Crippen LogP) is -5.91. The highest BCUT2D eigenvalue weighted by Gasteiger charge is 1.96. The van der Waals surface area contributed by atoms with E-state index in [9.17, 15) is 4.79 Å². The van der Waals surface area contributed by atoms with Crippen LogP contribution in [0.3, 0.4) is 0 Å². The van der Waals surface area contributed by atoms with Crippen molar-refractivity contribution in [2.45, 2.75) is 76.0 Å². The van der Waals surface area contributed by atoms with E-state index in [-0.39, 0.29) is 66.1 Å². The van der Waals surface area contributed by atoms with Crippen molar-refractivity contribution in [3.05, 3.63) is 0 Å². The molecule has 16 N–H and O–H groups in total. The van der Waals surface area contributed by atoms with Gasteiger partial charge in [-0.05, 0) is 6.42 Å². The highest BCUT2D eigenvalue weighted by molar-refractivity contribution is 5.66. The monoisotopic (exact) mass is 604 g/mol. The van der Waals surface area contributed by atoms with Gasteiger partial charge in [0.1, 0.15) is 30.5 Å². The van der Waals surface area contributed by atoms with Crippen LogP contribution in [0.25, 0.3) is 0 Å². The van der Waals surface area contributed by atoms with Crippen LogP contribution < -0.4 is 0 Å². The number of aliphatic carboxylic acids is 1. The minimum absolute atomic E-state index is 0.337. The summed E-state index contributed by atoms with van der Waals surface area (Å²) in [5.74, 6) is -0.670. The van der Waals surface area contributed by atoms with Gasteiger partial charge in [0.05, 0.1) is 66.1 Å². The fourth-order valence-corrected chi connectivity index (χ4v) is 1.17. The predicted molar refractivity (Wildman–Crippen MR) is 142 cm³/mol. The molecular weight excluding hydrogens is 548 g/mol. The molecule has 40 heavy (non-hydrogen) atoms. The van der Waals surface area contributed by atoms with Gasteiger partial charge in [-0.2, -0.15) is 0 Å². The first-order valence-electron chi connectivity index (χ1n) is 12.5. The molecule has 0 fully saturated rings. The molecule has 0 amide bonds. The molecular formula is C23H56O17. The van der Waals surface area contributed by atoms with E-state index >= 15 is 0 Å². The molecule has 0 aromatic rings. The summed E-state index contributed by atoms with van der Waals surface area (Å²) in [7, 11) is 0. The third kappa shape index (κ3) is 70.9. The summed E-state index contributed by atoms with van der Waals surface area (Å²) in [6, 6.07) is 0. The van der Waals surface area contributed by atoms with Crippen molar-refractivity contribution < 1.29 is 86.5 Å². The number of hydrogen-bond acceptors (Lipinski definition) is 16. The summed E-state index contributed by atoms with van der Waals surface area (Å²) in [6.07, 6.45) is 1.12. The van der Waals surface area contributed by atoms with E-state index in [1.165, 1.54) is 19.3 Å². The Bertz CT molecular complexity index is 343. The van der Waals surface area contributed by atoms with E-state index in [2.05, 4.69) is 6.92 Å². The van der Waals surface area contributed by atoms with E-state index in [4.69, 9.17) is 81.7 Å².